The van der Waals surface area contributed by atoms with Crippen molar-refractivity contribution in [2.75, 3.05) is 25.0 Å². The lowest BCUT2D eigenvalue weighted by molar-refractivity contribution is -0.140. The minimum Gasteiger partial charge on any atom is -0.317 e. The van der Waals surface area contributed by atoms with Gasteiger partial charge in [-0.05, 0) is 44.7 Å². The molecule has 2 N–H and O–H groups in total. The van der Waals surface area contributed by atoms with Crippen molar-refractivity contribution in [1.29, 1.82) is 0 Å². The molecule has 0 aromatic carbocycles. The third kappa shape index (κ3) is 3.91. The van der Waals surface area contributed by atoms with Crippen LogP contribution in [0.3, 0.4) is 0 Å². The molecule has 7 nitrogen and oxygen atoms in total. The zero-order valence-corrected chi connectivity index (χ0v) is 16.2. The SMILES string of the molecule is O=C(CCN1C(=O)C2CCCCC2C1=O)Nc1ncc(C2CCNCC2)s1. The van der Waals surface area contributed by atoms with Crippen LogP contribution in [0.4, 0.5) is 5.13 Å². The largest absolute Gasteiger partial charge is 0.317 e. The summed E-state index contributed by atoms with van der Waals surface area (Å²) < 4.78 is 0. The van der Waals surface area contributed by atoms with Gasteiger partial charge in [0.2, 0.25) is 17.7 Å². The van der Waals surface area contributed by atoms with Gasteiger partial charge in [0, 0.05) is 24.0 Å². The van der Waals surface area contributed by atoms with Gasteiger partial charge in [-0.3, -0.25) is 19.3 Å². The van der Waals surface area contributed by atoms with E-state index in [0.29, 0.717) is 11.0 Å². The summed E-state index contributed by atoms with van der Waals surface area (Å²) in [5, 5.41) is 6.77. The van der Waals surface area contributed by atoms with E-state index in [2.05, 4.69) is 15.6 Å². The van der Waals surface area contributed by atoms with E-state index in [1.54, 1.807) is 0 Å². The fraction of sp³-hybridized carbons (Fsp3) is 0.684. The predicted molar refractivity (Wildman–Crippen MR) is 102 cm³/mol. The molecule has 27 heavy (non-hydrogen) atoms. The molecule has 0 radical (unpaired) electrons. The van der Waals surface area contributed by atoms with Crippen LogP contribution < -0.4 is 10.6 Å². The first-order valence-electron chi connectivity index (χ1n) is 9.95. The van der Waals surface area contributed by atoms with Crippen LogP contribution in [0.15, 0.2) is 6.20 Å². The lowest BCUT2D eigenvalue weighted by atomic mass is 9.81. The number of fused-ring (bicyclic) bond motifs is 1. The summed E-state index contributed by atoms with van der Waals surface area (Å²) in [7, 11) is 0. The molecule has 1 aliphatic carbocycles. The summed E-state index contributed by atoms with van der Waals surface area (Å²) >= 11 is 1.52. The molecule has 1 aromatic heterocycles. The second-order valence-electron chi connectivity index (χ2n) is 7.72. The summed E-state index contributed by atoms with van der Waals surface area (Å²) in [6, 6.07) is 0. The van der Waals surface area contributed by atoms with Gasteiger partial charge in [-0.1, -0.05) is 12.8 Å². The molecule has 3 heterocycles. The fourth-order valence-corrected chi connectivity index (χ4v) is 5.49. The topological polar surface area (TPSA) is 91.4 Å². The number of aromatic nitrogens is 1. The molecule has 2 unspecified atom stereocenters. The molecular weight excluding hydrogens is 364 g/mol. The van der Waals surface area contributed by atoms with Gasteiger partial charge in [-0.25, -0.2) is 4.98 Å². The molecule has 1 saturated carbocycles. The average Bonchev–Trinajstić information content (AvgIpc) is 3.25. The van der Waals surface area contributed by atoms with Crippen molar-refractivity contribution in [2.24, 2.45) is 11.8 Å². The number of anilines is 1. The zero-order valence-electron chi connectivity index (χ0n) is 15.4. The van der Waals surface area contributed by atoms with E-state index < -0.39 is 0 Å². The number of thiazole rings is 1. The van der Waals surface area contributed by atoms with Crippen LogP contribution in [0, 0.1) is 11.8 Å². The third-order valence-electron chi connectivity index (χ3n) is 6.01. The molecule has 1 aromatic rings. The summed E-state index contributed by atoms with van der Waals surface area (Å²) in [6.07, 6.45) is 7.80. The number of hydrogen-bond donors (Lipinski definition) is 2. The number of carbonyl (C=O) groups is 3. The number of piperidine rings is 1. The Kier molecular flexibility index (Phi) is 5.54. The van der Waals surface area contributed by atoms with Gasteiger partial charge in [0.1, 0.15) is 0 Å². The monoisotopic (exact) mass is 390 g/mol. The number of hydrogen-bond acceptors (Lipinski definition) is 6. The van der Waals surface area contributed by atoms with Crippen LogP contribution in [-0.4, -0.2) is 47.2 Å². The summed E-state index contributed by atoms with van der Waals surface area (Å²) in [6.45, 7) is 2.21. The normalized spacial score (nSPS) is 26.3. The Morgan fingerprint density at radius 1 is 1.15 bits per heavy atom. The van der Waals surface area contributed by atoms with Gasteiger partial charge >= 0.3 is 0 Å². The molecule has 0 spiro atoms. The first-order valence-corrected chi connectivity index (χ1v) is 10.8. The number of nitrogens with zero attached hydrogens (tertiary/aromatic N) is 2. The average molecular weight is 391 g/mol. The molecule has 2 saturated heterocycles. The highest BCUT2D eigenvalue weighted by Gasteiger charge is 2.47. The van der Waals surface area contributed by atoms with Gasteiger partial charge < -0.3 is 10.6 Å². The van der Waals surface area contributed by atoms with Gasteiger partial charge in [0.15, 0.2) is 5.13 Å². The van der Waals surface area contributed by atoms with Gasteiger partial charge in [-0.15, -0.1) is 11.3 Å². The van der Waals surface area contributed by atoms with Gasteiger partial charge in [0.25, 0.3) is 0 Å². The predicted octanol–water partition coefficient (Wildman–Crippen LogP) is 2.11. The van der Waals surface area contributed by atoms with Crippen LogP contribution >= 0.6 is 11.3 Å². The smallest absolute Gasteiger partial charge is 0.233 e. The molecule has 2 aliphatic heterocycles. The number of amides is 3. The van der Waals surface area contributed by atoms with Crippen LogP contribution in [0.2, 0.25) is 0 Å². The lowest BCUT2D eigenvalue weighted by Gasteiger charge is -2.20. The fourth-order valence-electron chi connectivity index (χ4n) is 4.49. The van der Waals surface area contributed by atoms with E-state index >= 15 is 0 Å². The molecule has 3 aliphatic rings. The first-order chi connectivity index (χ1) is 13.1. The molecule has 0 bridgehead atoms. The van der Waals surface area contributed by atoms with E-state index in [-0.39, 0.29) is 42.5 Å². The number of rotatable bonds is 5. The molecule has 8 heteroatoms. The van der Waals surface area contributed by atoms with Gasteiger partial charge in [-0.2, -0.15) is 0 Å². The van der Waals surface area contributed by atoms with Crippen molar-refractivity contribution < 1.29 is 14.4 Å². The maximum atomic E-state index is 12.5. The second-order valence-corrected chi connectivity index (χ2v) is 8.78. The summed E-state index contributed by atoms with van der Waals surface area (Å²) in [5.41, 5.74) is 0. The van der Waals surface area contributed by atoms with Crippen LogP contribution in [0.25, 0.3) is 0 Å². The zero-order chi connectivity index (χ0) is 18.8. The van der Waals surface area contributed by atoms with Crippen LogP contribution in [0.1, 0.15) is 55.7 Å². The number of carbonyl (C=O) groups excluding carboxylic acids is 3. The Hall–Kier alpha value is -1.80. The second kappa shape index (κ2) is 8.06. The highest BCUT2D eigenvalue weighted by Crippen LogP contribution is 2.38. The molecular formula is C19H26N4O3S. The van der Waals surface area contributed by atoms with Crippen LogP contribution in [-0.2, 0) is 14.4 Å². The quantitative estimate of drug-likeness (QED) is 0.752. The molecule has 146 valence electrons. The van der Waals surface area contributed by atoms with Crippen molar-refractivity contribution in [3.8, 4) is 0 Å². The highest BCUT2D eigenvalue weighted by molar-refractivity contribution is 7.15. The summed E-state index contributed by atoms with van der Waals surface area (Å²) in [4.78, 5) is 44.0. The minimum atomic E-state index is -0.198. The Morgan fingerprint density at radius 2 is 1.81 bits per heavy atom. The van der Waals surface area contributed by atoms with Crippen molar-refractivity contribution in [3.05, 3.63) is 11.1 Å². The first kappa shape index (κ1) is 18.6. The molecule has 3 fully saturated rings. The lowest BCUT2D eigenvalue weighted by Crippen LogP contribution is -2.34. The summed E-state index contributed by atoms with van der Waals surface area (Å²) in [5.74, 6) is -0.157. The van der Waals surface area contributed by atoms with Crippen LogP contribution in [0.5, 0.6) is 0 Å². The van der Waals surface area contributed by atoms with E-state index in [4.69, 9.17) is 0 Å². The van der Waals surface area contributed by atoms with E-state index in [1.165, 1.54) is 21.1 Å². The number of nitrogens with one attached hydrogen (secondary N) is 2. The Labute approximate surface area is 162 Å². The molecule has 2 atom stereocenters. The molecule has 4 rings (SSSR count). The standard InChI is InChI=1S/C19H26N4O3S/c24-16(22-19-21-11-15(27-19)12-5-8-20-9-6-12)7-10-23-17(25)13-3-1-2-4-14(13)18(23)26/h11-14,20H,1-10H2,(H,21,22,24). The van der Waals surface area contributed by atoms with Crippen molar-refractivity contribution >= 4 is 34.2 Å². The van der Waals surface area contributed by atoms with Crippen molar-refractivity contribution in [1.82, 2.24) is 15.2 Å². The Bertz CT molecular complexity index is 704. The maximum absolute atomic E-state index is 12.5. The molecule has 3 amide bonds. The Balaban J connectivity index is 1.29. The van der Waals surface area contributed by atoms with E-state index in [1.807, 2.05) is 6.20 Å². The van der Waals surface area contributed by atoms with Crippen molar-refractivity contribution in [2.45, 2.75) is 50.9 Å². The van der Waals surface area contributed by atoms with Gasteiger partial charge in [0.05, 0.1) is 11.8 Å². The third-order valence-corrected chi connectivity index (χ3v) is 7.08. The minimum absolute atomic E-state index is 0.0834. The van der Waals surface area contributed by atoms with E-state index in [9.17, 15) is 14.4 Å². The van der Waals surface area contributed by atoms with Crippen molar-refractivity contribution in [3.63, 3.8) is 0 Å². The number of imide groups is 1. The highest BCUT2D eigenvalue weighted by atomic mass is 32.1. The number of likely N-dealkylation sites (tertiary alicyclic amines) is 1. The maximum Gasteiger partial charge on any atom is 0.233 e. The Morgan fingerprint density at radius 3 is 2.48 bits per heavy atom. The van der Waals surface area contributed by atoms with E-state index in [0.717, 1.165) is 51.6 Å².